The third-order valence-corrected chi connectivity index (χ3v) is 6.29. The molecule has 0 unspecified atom stereocenters. The van der Waals surface area contributed by atoms with Crippen molar-refractivity contribution in [2.45, 2.75) is 57.8 Å². The molecule has 10 nitrogen and oxygen atoms in total. The highest BCUT2D eigenvalue weighted by Crippen LogP contribution is 2.28. The molecule has 1 aromatic heterocycles. The quantitative estimate of drug-likeness (QED) is 0.468. The Morgan fingerprint density at radius 3 is 2.29 bits per heavy atom. The minimum atomic E-state index is -1.18. The Morgan fingerprint density at radius 2 is 1.71 bits per heavy atom. The van der Waals surface area contributed by atoms with Gasteiger partial charge in [0.15, 0.2) is 5.78 Å². The molecule has 1 aromatic carbocycles. The van der Waals surface area contributed by atoms with Crippen molar-refractivity contribution in [1.29, 1.82) is 0 Å². The average Bonchev–Trinajstić information content (AvgIpc) is 2.90. The number of rotatable bonds is 10. The highest BCUT2D eigenvalue weighted by Gasteiger charge is 2.41. The SMILES string of the molecule is CC(C)C[C@H](CC(=O)[C@H](Cc1ccccc1)NC(=O)c1cnccn1)B1OC(=O)CCN(C)CCC(=O)O1. The van der Waals surface area contributed by atoms with Gasteiger partial charge >= 0.3 is 7.12 Å². The van der Waals surface area contributed by atoms with Crippen molar-refractivity contribution in [3.63, 3.8) is 0 Å². The molecule has 1 fully saturated rings. The fourth-order valence-corrected chi connectivity index (χ4v) is 4.31. The lowest BCUT2D eigenvalue weighted by atomic mass is 9.64. The molecule has 1 aliphatic heterocycles. The number of nitrogens with one attached hydrogen (secondary N) is 1. The van der Waals surface area contributed by atoms with Crippen LogP contribution in [0, 0.1) is 5.92 Å². The molecule has 11 heteroatoms. The zero-order chi connectivity index (χ0) is 27.5. The molecule has 2 aromatic rings. The Labute approximate surface area is 223 Å². The van der Waals surface area contributed by atoms with Crippen LogP contribution in [0.5, 0.6) is 0 Å². The molecule has 2 heterocycles. The first-order valence-electron chi connectivity index (χ1n) is 12.9. The van der Waals surface area contributed by atoms with E-state index < -0.39 is 36.8 Å². The maximum Gasteiger partial charge on any atom is 0.602 e. The summed E-state index contributed by atoms with van der Waals surface area (Å²) in [5, 5.41) is 2.79. The fraction of sp³-hybridized carbons (Fsp3) is 0.481. The lowest BCUT2D eigenvalue weighted by molar-refractivity contribution is -0.142. The van der Waals surface area contributed by atoms with Crippen molar-refractivity contribution >= 4 is 30.7 Å². The van der Waals surface area contributed by atoms with Crippen LogP contribution in [0.3, 0.4) is 0 Å². The zero-order valence-corrected chi connectivity index (χ0v) is 22.2. The summed E-state index contributed by atoms with van der Waals surface area (Å²) >= 11 is 0. The normalized spacial score (nSPS) is 16.8. The van der Waals surface area contributed by atoms with E-state index in [1.807, 2.05) is 56.1 Å². The number of hydrogen-bond acceptors (Lipinski definition) is 9. The first-order chi connectivity index (χ1) is 18.2. The van der Waals surface area contributed by atoms with Gasteiger partial charge in [0.25, 0.3) is 17.8 Å². The summed E-state index contributed by atoms with van der Waals surface area (Å²) in [6, 6.07) is 8.47. The largest absolute Gasteiger partial charge is 0.602 e. The van der Waals surface area contributed by atoms with E-state index in [2.05, 4.69) is 15.3 Å². The van der Waals surface area contributed by atoms with Gasteiger partial charge in [0.05, 0.1) is 25.1 Å². The number of aromatic nitrogens is 2. The molecule has 0 bridgehead atoms. The minimum Gasteiger partial charge on any atom is -0.499 e. The second-order valence-corrected chi connectivity index (χ2v) is 10.0. The summed E-state index contributed by atoms with van der Waals surface area (Å²) < 4.78 is 11.2. The van der Waals surface area contributed by atoms with Gasteiger partial charge in [-0.05, 0) is 31.4 Å². The Balaban J connectivity index is 1.82. The summed E-state index contributed by atoms with van der Waals surface area (Å²) in [6.45, 7) is 4.88. The van der Waals surface area contributed by atoms with Gasteiger partial charge in [-0.15, -0.1) is 0 Å². The Morgan fingerprint density at radius 1 is 1.05 bits per heavy atom. The van der Waals surface area contributed by atoms with Gasteiger partial charge in [0, 0.05) is 37.7 Å². The molecule has 1 aliphatic rings. The third kappa shape index (κ3) is 9.37. The van der Waals surface area contributed by atoms with Crippen LogP contribution in [0.15, 0.2) is 48.9 Å². The highest BCUT2D eigenvalue weighted by atomic mass is 16.6. The van der Waals surface area contributed by atoms with E-state index in [0.717, 1.165) is 5.56 Å². The van der Waals surface area contributed by atoms with E-state index in [0.29, 0.717) is 19.5 Å². The molecule has 38 heavy (non-hydrogen) atoms. The molecule has 3 rings (SSSR count). The monoisotopic (exact) mass is 522 g/mol. The molecule has 1 saturated heterocycles. The van der Waals surface area contributed by atoms with E-state index in [-0.39, 0.29) is 43.1 Å². The van der Waals surface area contributed by atoms with Crippen molar-refractivity contribution in [3.05, 3.63) is 60.2 Å². The van der Waals surface area contributed by atoms with Gasteiger partial charge in [0.1, 0.15) is 5.69 Å². The van der Waals surface area contributed by atoms with E-state index in [4.69, 9.17) is 9.31 Å². The maximum absolute atomic E-state index is 13.7. The molecular formula is C27H35BN4O6. The van der Waals surface area contributed by atoms with Crippen LogP contribution in [0.2, 0.25) is 5.82 Å². The van der Waals surface area contributed by atoms with Crippen LogP contribution in [-0.2, 0) is 30.1 Å². The average molecular weight is 522 g/mol. The maximum atomic E-state index is 13.7. The number of carbonyl (C=O) groups excluding carboxylic acids is 4. The van der Waals surface area contributed by atoms with Crippen molar-refractivity contribution in [2.75, 3.05) is 20.1 Å². The lowest BCUT2D eigenvalue weighted by Crippen LogP contribution is -2.45. The predicted molar refractivity (Wildman–Crippen MR) is 141 cm³/mol. The summed E-state index contributed by atoms with van der Waals surface area (Å²) in [5.74, 6) is -2.20. The number of ketones is 1. The third-order valence-electron chi connectivity index (χ3n) is 6.29. The van der Waals surface area contributed by atoms with E-state index in [9.17, 15) is 19.2 Å². The van der Waals surface area contributed by atoms with Crippen LogP contribution >= 0.6 is 0 Å². The molecule has 0 saturated carbocycles. The number of amides is 1. The van der Waals surface area contributed by atoms with Crippen LogP contribution < -0.4 is 5.32 Å². The molecule has 2 atom stereocenters. The van der Waals surface area contributed by atoms with E-state index in [1.165, 1.54) is 18.6 Å². The fourth-order valence-electron chi connectivity index (χ4n) is 4.31. The van der Waals surface area contributed by atoms with Crippen LogP contribution in [0.4, 0.5) is 0 Å². The number of carbonyl (C=O) groups is 4. The summed E-state index contributed by atoms with van der Waals surface area (Å²) in [7, 11) is 0.639. The van der Waals surface area contributed by atoms with Crippen molar-refractivity contribution in [1.82, 2.24) is 20.2 Å². The lowest BCUT2D eigenvalue weighted by Gasteiger charge is -2.27. The van der Waals surface area contributed by atoms with Crippen molar-refractivity contribution in [2.24, 2.45) is 5.92 Å². The topological polar surface area (TPSA) is 128 Å². The van der Waals surface area contributed by atoms with Gasteiger partial charge in [-0.2, -0.15) is 0 Å². The molecule has 0 radical (unpaired) electrons. The second kappa shape index (κ2) is 14.4. The molecular weight excluding hydrogens is 487 g/mol. The van der Waals surface area contributed by atoms with Crippen LogP contribution in [0.25, 0.3) is 0 Å². The van der Waals surface area contributed by atoms with E-state index in [1.54, 1.807) is 0 Å². The van der Waals surface area contributed by atoms with E-state index >= 15 is 0 Å². The van der Waals surface area contributed by atoms with Crippen molar-refractivity contribution < 1.29 is 28.5 Å². The Kier molecular flexibility index (Phi) is 11.0. The molecule has 1 amide bonds. The van der Waals surface area contributed by atoms with Gasteiger partial charge in [0.2, 0.25) is 0 Å². The predicted octanol–water partition coefficient (Wildman–Crippen LogP) is 2.49. The number of hydrogen-bond donors (Lipinski definition) is 1. The van der Waals surface area contributed by atoms with Gasteiger partial charge < -0.3 is 19.5 Å². The molecule has 0 aliphatic carbocycles. The van der Waals surface area contributed by atoms with Gasteiger partial charge in [-0.25, -0.2) is 4.98 Å². The highest BCUT2D eigenvalue weighted by molar-refractivity contribution is 6.51. The number of benzene rings is 1. The Bertz CT molecular complexity index is 1060. The van der Waals surface area contributed by atoms with Crippen LogP contribution in [-0.4, -0.2) is 71.8 Å². The van der Waals surface area contributed by atoms with Gasteiger partial charge in [-0.3, -0.25) is 24.2 Å². The molecule has 0 spiro atoms. The zero-order valence-electron chi connectivity index (χ0n) is 22.2. The standard InChI is InChI=1S/C27H35BN4O6/c1-19(2)15-21(28-37-25(34)9-13-32(3)14-10-26(35)38-28)17-24(33)22(16-20-7-5-4-6-8-20)31-27(36)23-18-29-11-12-30-23/h4-8,11-12,18-19,21-22H,9-10,13-17H2,1-3H3,(H,31,36)/t21-,22+/m1/s1. The summed E-state index contributed by atoms with van der Waals surface area (Å²) in [4.78, 5) is 61.4. The van der Waals surface area contributed by atoms with Crippen molar-refractivity contribution in [3.8, 4) is 0 Å². The summed E-state index contributed by atoms with van der Waals surface area (Å²) in [5.41, 5.74) is 0.962. The number of nitrogens with zero attached hydrogens (tertiary/aromatic N) is 3. The second-order valence-electron chi connectivity index (χ2n) is 10.0. The van der Waals surface area contributed by atoms with Gasteiger partial charge in [-0.1, -0.05) is 44.2 Å². The first kappa shape index (κ1) is 29.0. The van der Waals surface area contributed by atoms with Crippen LogP contribution in [0.1, 0.15) is 55.6 Å². The smallest absolute Gasteiger partial charge is 0.499 e. The number of Topliss-reactive ketones (excluding diaryl/α,β-unsaturated/α-hetero) is 1. The Hall–Kier alpha value is -3.60. The molecule has 1 N–H and O–H groups in total. The summed E-state index contributed by atoms with van der Waals surface area (Å²) in [6.07, 6.45) is 5.18. The first-order valence-corrected chi connectivity index (χ1v) is 12.9. The minimum absolute atomic E-state index is 0.0540. The molecule has 202 valence electrons.